The normalized spacial score (nSPS) is 11.7. The number of amides is 1. The molecule has 2 heterocycles. The Labute approximate surface area is 219 Å². The van der Waals surface area contributed by atoms with E-state index in [1.54, 1.807) is 35.5 Å². The van der Waals surface area contributed by atoms with Crippen LogP contribution in [0.25, 0.3) is 10.9 Å². The van der Waals surface area contributed by atoms with E-state index in [2.05, 4.69) is 30.7 Å². The number of rotatable bonds is 6. The third kappa shape index (κ3) is 5.64. The molecular formula is C27H25Cl3FN3O. The van der Waals surface area contributed by atoms with Crippen LogP contribution in [-0.2, 0) is 18.4 Å². The minimum absolute atomic E-state index is 0.0779. The average Bonchev–Trinajstić information content (AvgIpc) is 3.26. The van der Waals surface area contributed by atoms with Crippen molar-refractivity contribution < 1.29 is 9.18 Å². The summed E-state index contributed by atoms with van der Waals surface area (Å²) in [5.41, 5.74) is 2.94. The Balaban J connectivity index is 1.68. The number of nitrogens with zero attached hydrogens (tertiary/aromatic N) is 2. The van der Waals surface area contributed by atoms with Crippen molar-refractivity contribution in [2.75, 3.05) is 6.54 Å². The summed E-state index contributed by atoms with van der Waals surface area (Å²) in [5.74, 6) is -1.20. The molecule has 4 nitrogen and oxygen atoms in total. The highest BCUT2D eigenvalue weighted by Gasteiger charge is 2.25. The highest BCUT2D eigenvalue weighted by molar-refractivity contribution is 6.42. The monoisotopic (exact) mass is 531 g/mol. The smallest absolute Gasteiger partial charge is 0.259 e. The van der Waals surface area contributed by atoms with Crippen molar-refractivity contribution in [3.05, 3.63) is 98.1 Å². The van der Waals surface area contributed by atoms with E-state index in [0.717, 1.165) is 16.8 Å². The predicted octanol–water partition coefficient (Wildman–Crippen LogP) is 7.84. The molecule has 35 heavy (non-hydrogen) atoms. The molecule has 0 aliphatic heterocycles. The van der Waals surface area contributed by atoms with Crippen molar-refractivity contribution in [1.29, 1.82) is 0 Å². The molecule has 0 spiro atoms. The van der Waals surface area contributed by atoms with E-state index in [1.807, 2.05) is 18.2 Å². The highest BCUT2D eigenvalue weighted by Crippen LogP contribution is 2.29. The third-order valence-electron chi connectivity index (χ3n) is 5.86. The first-order chi connectivity index (χ1) is 16.5. The van der Waals surface area contributed by atoms with E-state index in [-0.39, 0.29) is 22.5 Å². The largest absolute Gasteiger partial charge is 0.360 e. The molecule has 4 rings (SSSR count). The SMILES string of the molecule is CC(C)(C)c1ccc(CN(CCc2ccc(Cl)c(Cl)c2)C(=O)c2c(F)c(Cl)cc3cc[nH]c23)cn1. The van der Waals surface area contributed by atoms with Gasteiger partial charge in [0.15, 0.2) is 5.82 Å². The summed E-state index contributed by atoms with van der Waals surface area (Å²) in [6, 6.07) is 12.5. The van der Waals surface area contributed by atoms with Crippen LogP contribution in [0.2, 0.25) is 15.1 Å². The van der Waals surface area contributed by atoms with Crippen LogP contribution in [0.15, 0.2) is 54.9 Å². The molecule has 4 aromatic rings. The Morgan fingerprint density at radius 3 is 2.40 bits per heavy atom. The Bertz CT molecular complexity index is 1380. The number of hydrogen-bond donors (Lipinski definition) is 1. The van der Waals surface area contributed by atoms with Gasteiger partial charge in [-0.25, -0.2) is 4.39 Å². The van der Waals surface area contributed by atoms with Gasteiger partial charge in [0.1, 0.15) is 5.56 Å². The maximum absolute atomic E-state index is 15.2. The van der Waals surface area contributed by atoms with Crippen LogP contribution in [0.3, 0.4) is 0 Å². The lowest BCUT2D eigenvalue weighted by molar-refractivity contribution is 0.0742. The Hall–Kier alpha value is -2.60. The Morgan fingerprint density at radius 1 is 1.00 bits per heavy atom. The molecule has 0 bridgehead atoms. The molecule has 0 atom stereocenters. The number of carbonyl (C=O) groups is 1. The summed E-state index contributed by atoms with van der Waals surface area (Å²) < 4.78 is 15.2. The Kier molecular flexibility index (Phi) is 7.41. The topological polar surface area (TPSA) is 49.0 Å². The number of pyridine rings is 1. The number of carbonyl (C=O) groups excluding carboxylic acids is 1. The molecule has 0 saturated heterocycles. The molecule has 1 amide bonds. The number of H-pyrrole nitrogens is 1. The van der Waals surface area contributed by atoms with E-state index in [1.165, 1.54) is 6.07 Å². The van der Waals surface area contributed by atoms with Crippen molar-refractivity contribution in [3.8, 4) is 0 Å². The maximum atomic E-state index is 15.2. The van der Waals surface area contributed by atoms with Gasteiger partial charge in [0.05, 0.1) is 20.6 Å². The van der Waals surface area contributed by atoms with Crippen LogP contribution in [-0.4, -0.2) is 27.3 Å². The molecule has 0 aliphatic rings. The fourth-order valence-corrected chi connectivity index (χ4v) is 4.43. The van der Waals surface area contributed by atoms with Crippen LogP contribution < -0.4 is 0 Å². The van der Waals surface area contributed by atoms with E-state index >= 15 is 4.39 Å². The number of fused-ring (bicyclic) bond motifs is 1. The number of nitrogens with one attached hydrogen (secondary N) is 1. The Morgan fingerprint density at radius 2 is 1.74 bits per heavy atom. The number of benzene rings is 2. The zero-order chi connectivity index (χ0) is 25.3. The minimum Gasteiger partial charge on any atom is -0.360 e. The first-order valence-corrected chi connectivity index (χ1v) is 12.3. The summed E-state index contributed by atoms with van der Waals surface area (Å²) in [6.45, 7) is 6.85. The second-order valence-electron chi connectivity index (χ2n) is 9.52. The average molecular weight is 533 g/mol. The van der Waals surface area contributed by atoms with E-state index in [4.69, 9.17) is 34.8 Å². The van der Waals surface area contributed by atoms with Crippen LogP contribution >= 0.6 is 34.8 Å². The molecule has 1 N–H and O–H groups in total. The quantitative estimate of drug-likeness (QED) is 0.275. The van der Waals surface area contributed by atoms with Gasteiger partial charge >= 0.3 is 0 Å². The number of hydrogen-bond acceptors (Lipinski definition) is 2. The van der Waals surface area contributed by atoms with Gasteiger partial charge in [0, 0.05) is 42.0 Å². The van der Waals surface area contributed by atoms with E-state index in [9.17, 15) is 4.79 Å². The number of aromatic nitrogens is 2. The molecule has 0 saturated carbocycles. The summed E-state index contributed by atoms with van der Waals surface area (Å²) in [5, 5.41) is 1.47. The molecule has 0 unspecified atom stereocenters. The van der Waals surface area contributed by atoms with Crippen LogP contribution in [0.5, 0.6) is 0 Å². The third-order valence-corrected chi connectivity index (χ3v) is 6.88. The predicted molar refractivity (Wildman–Crippen MR) is 141 cm³/mol. The molecule has 2 aromatic heterocycles. The summed E-state index contributed by atoms with van der Waals surface area (Å²) >= 11 is 18.3. The van der Waals surface area contributed by atoms with E-state index < -0.39 is 11.7 Å². The van der Waals surface area contributed by atoms with Gasteiger partial charge < -0.3 is 9.88 Å². The molecule has 8 heteroatoms. The molecule has 2 aromatic carbocycles. The zero-order valence-electron chi connectivity index (χ0n) is 19.6. The molecule has 0 fully saturated rings. The highest BCUT2D eigenvalue weighted by atomic mass is 35.5. The van der Waals surface area contributed by atoms with E-state index in [0.29, 0.717) is 33.9 Å². The fourth-order valence-electron chi connectivity index (χ4n) is 3.90. The lowest BCUT2D eigenvalue weighted by Crippen LogP contribution is -2.33. The van der Waals surface area contributed by atoms with Crippen molar-refractivity contribution in [1.82, 2.24) is 14.9 Å². The summed E-state index contributed by atoms with van der Waals surface area (Å²) in [4.78, 5) is 22.9. The minimum atomic E-state index is -0.743. The maximum Gasteiger partial charge on any atom is 0.259 e. The van der Waals surface area contributed by atoms with Gasteiger partial charge in [-0.05, 0) is 47.9 Å². The van der Waals surface area contributed by atoms with Gasteiger partial charge in [-0.3, -0.25) is 9.78 Å². The number of aromatic amines is 1. The van der Waals surface area contributed by atoms with Crippen molar-refractivity contribution in [3.63, 3.8) is 0 Å². The first-order valence-electron chi connectivity index (χ1n) is 11.2. The van der Waals surface area contributed by atoms with Crippen LogP contribution in [0.1, 0.15) is 48.0 Å². The zero-order valence-corrected chi connectivity index (χ0v) is 21.9. The van der Waals surface area contributed by atoms with Crippen molar-refractivity contribution in [2.45, 2.75) is 39.2 Å². The lowest BCUT2D eigenvalue weighted by atomic mass is 9.91. The molecule has 182 valence electrons. The first kappa shape index (κ1) is 25.5. The molecule has 0 radical (unpaired) electrons. The second kappa shape index (κ2) is 10.2. The van der Waals surface area contributed by atoms with Gasteiger partial charge in [0.25, 0.3) is 5.91 Å². The number of halogens is 4. The van der Waals surface area contributed by atoms with Gasteiger partial charge in [-0.2, -0.15) is 0 Å². The fraction of sp³-hybridized carbons (Fsp3) is 0.259. The van der Waals surface area contributed by atoms with Crippen LogP contribution in [0.4, 0.5) is 4.39 Å². The van der Waals surface area contributed by atoms with Crippen molar-refractivity contribution >= 4 is 51.6 Å². The molecular weight excluding hydrogens is 508 g/mol. The van der Waals surface area contributed by atoms with Gasteiger partial charge in [-0.15, -0.1) is 0 Å². The second-order valence-corrected chi connectivity index (χ2v) is 10.7. The van der Waals surface area contributed by atoms with Crippen molar-refractivity contribution in [2.24, 2.45) is 0 Å². The lowest BCUT2D eigenvalue weighted by Gasteiger charge is -2.24. The van der Waals surface area contributed by atoms with Crippen LogP contribution in [0, 0.1) is 5.82 Å². The molecule has 0 aliphatic carbocycles. The van der Waals surface area contributed by atoms with Gasteiger partial charge in [0.2, 0.25) is 0 Å². The van der Waals surface area contributed by atoms with Gasteiger partial charge in [-0.1, -0.05) is 67.7 Å². The standard InChI is InChI=1S/C27H25Cl3FN3O/c1-27(2,3)22-7-5-17(14-33-22)15-34(11-9-16-4-6-19(28)20(29)12-16)26(35)23-24(31)21(30)13-18-8-10-32-25(18)23/h4-8,10,12-14,32H,9,11,15H2,1-3H3. The summed E-state index contributed by atoms with van der Waals surface area (Å²) in [7, 11) is 0. The summed E-state index contributed by atoms with van der Waals surface area (Å²) in [6.07, 6.45) is 3.93.